The van der Waals surface area contributed by atoms with Gasteiger partial charge in [-0.25, -0.2) is 4.79 Å². The molecular weight excluding hydrogens is 384 g/mol. The van der Waals surface area contributed by atoms with Crippen LogP contribution in [0.4, 0.5) is 0 Å². The first kappa shape index (κ1) is 22.9. The highest BCUT2D eigenvalue weighted by Gasteiger charge is 2.33. The van der Waals surface area contributed by atoms with Crippen LogP contribution in [-0.4, -0.2) is 53.9 Å². The first-order chi connectivity index (χ1) is 14.2. The third kappa shape index (κ3) is 4.01. The Morgan fingerprint density at radius 2 is 1.83 bits per heavy atom. The number of rotatable bonds is 8. The molecule has 7 heteroatoms. The van der Waals surface area contributed by atoms with Crippen molar-refractivity contribution < 1.29 is 23.9 Å². The second kappa shape index (κ2) is 9.43. The number of hydrogen-bond donors (Lipinski definition) is 0. The summed E-state index contributed by atoms with van der Waals surface area (Å²) in [6.45, 7) is 9.04. The molecule has 0 saturated heterocycles. The number of carbonyl (C=O) groups excluding carboxylic acids is 3. The molecule has 1 atom stereocenters. The molecule has 0 saturated carbocycles. The third-order valence-electron chi connectivity index (χ3n) is 5.33. The van der Waals surface area contributed by atoms with Gasteiger partial charge in [0.15, 0.2) is 5.78 Å². The Labute approximate surface area is 176 Å². The molecule has 2 rings (SSSR count). The van der Waals surface area contributed by atoms with Crippen LogP contribution in [0.1, 0.15) is 49.4 Å². The number of methoxy groups -OCH3 is 2. The Morgan fingerprint density at radius 3 is 2.40 bits per heavy atom. The van der Waals surface area contributed by atoms with Gasteiger partial charge in [0.25, 0.3) is 5.91 Å². The van der Waals surface area contributed by atoms with Gasteiger partial charge >= 0.3 is 5.97 Å². The number of para-hydroxylation sites is 1. The van der Waals surface area contributed by atoms with Crippen molar-refractivity contribution in [3.8, 4) is 5.75 Å². The average molecular weight is 412 g/mol. The van der Waals surface area contributed by atoms with Crippen LogP contribution in [-0.2, 0) is 11.8 Å². The number of Topliss-reactive ketones (excluding diaryl/α,β-unsaturated/α-hetero) is 1. The van der Waals surface area contributed by atoms with E-state index in [9.17, 15) is 14.4 Å². The summed E-state index contributed by atoms with van der Waals surface area (Å²) in [5.74, 6) is -0.692. The second-order valence-corrected chi connectivity index (χ2v) is 6.97. The SMILES string of the molecule is C=CCN(C(=O)c1ccccc1OC)[C@@H](C)C(=O)c1c(C)c(C(=O)OC)n(C)c1C. The van der Waals surface area contributed by atoms with E-state index in [1.807, 2.05) is 0 Å². The predicted octanol–water partition coefficient (Wildman–Crippen LogP) is 3.34. The van der Waals surface area contributed by atoms with Crippen molar-refractivity contribution in [2.75, 3.05) is 20.8 Å². The van der Waals surface area contributed by atoms with Gasteiger partial charge in [-0.15, -0.1) is 6.58 Å². The van der Waals surface area contributed by atoms with Crippen molar-refractivity contribution in [2.45, 2.75) is 26.8 Å². The molecule has 0 aliphatic heterocycles. The normalized spacial score (nSPS) is 11.5. The van der Waals surface area contributed by atoms with Gasteiger partial charge in [-0.05, 0) is 38.5 Å². The van der Waals surface area contributed by atoms with Crippen molar-refractivity contribution >= 4 is 17.7 Å². The van der Waals surface area contributed by atoms with Gasteiger partial charge in [0.05, 0.1) is 25.8 Å². The number of esters is 1. The minimum atomic E-state index is -0.786. The molecule has 2 aromatic rings. The number of carbonyl (C=O) groups is 3. The lowest BCUT2D eigenvalue weighted by Gasteiger charge is -2.28. The molecule has 0 bridgehead atoms. The number of benzene rings is 1. The summed E-state index contributed by atoms with van der Waals surface area (Å²) in [5, 5.41) is 0. The third-order valence-corrected chi connectivity index (χ3v) is 5.33. The summed E-state index contributed by atoms with van der Waals surface area (Å²) in [5.41, 5.74) is 2.25. The highest BCUT2D eigenvalue weighted by Crippen LogP contribution is 2.26. The summed E-state index contributed by atoms with van der Waals surface area (Å²) >= 11 is 0. The van der Waals surface area contributed by atoms with E-state index in [-0.39, 0.29) is 18.2 Å². The van der Waals surface area contributed by atoms with Gasteiger partial charge in [0.1, 0.15) is 11.4 Å². The summed E-state index contributed by atoms with van der Waals surface area (Å²) in [4.78, 5) is 40.3. The Hall–Kier alpha value is -3.35. The molecule has 0 aliphatic carbocycles. The minimum absolute atomic E-state index is 0.179. The van der Waals surface area contributed by atoms with Gasteiger partial charge in [0, 0.05) is 24.8 Å². The quantitative estimate of drug-likeness (QED) is 0.378. The molecule has 0 aliphatic rings. The van der Waals surface area contributed by atoms with Crippen molar-refractivity contribution in [3.05, 3.63) is 65.0 Å². The van der Waals surface area contributed by atoms with Crippen molar-refractivity contribution in [2.24, 2.45) is 7.05 Å². The molecule has 1 heterocycles. The number of aromatic nitrogens is 1. The van der Waals surface area contributed by atoms with E-state index < -0.39 is 12.0 Å². The van der Waals surface area contributed by atoms with Crippen LogP contribution < -0.4 is 4.74 Å². The molecule has 0 unspecified atom stereocenters. The first-order valence-corrected chi connectivity index (χ1v) is 9.54. The van der Waals surface area contributed by atoms with Gasteiger partial charge in [-0.3, -0.25) is 9.59 Å². The molecule has 160 valence electrons. The fourth-order valence-electron chi connectivity index (χ4n) is 3.61. The highest BCUT2D eigenvalue weighted by atomic mass is 16.5. The molecule has 1 aromatic carbocycles. The molecule has 30 heavy (non-hydrogen) atoms. The summed E-state index contributed by atoms with van der Waals surface area (Å²) in [6.07, 6.45) is 1.57. The first-order valence-electron chi connectivity index (χ1n) is 9.54. The van der Waals surface area contributed by atoms with Crippen LogP contribution in [0, 0.1) is 13.8 Å². The van der Waals surface area contributed by atoms with E-state index in [0.29, 0.717) is 33.8 Å². The molecule has 7 nitrogen and oxygen atoms in total. The lowest BCUT2D eigenvalue weighted by molar-refractivity contribution is 0.0588. The zero-order valence-corrected chi connectivity index (χ0v) is 18.3. The number of ketones is 1. The molecule has 0 spiro atoms. The highest BCUT2D eigenvalue weighted by molar-refractivity contribution is 6.08. The van der Waals surface area contributed by atoms with Crippen LogP contribution in [0.3, 0.4) is 0 Å². The van der Waals surface area contributed by atoms with Crippen LogP contribution in [0.2, 0.25) is 0 Å². The molecule has 0 fully saturated rings. The van der Waals surface area contributed by atoms with E-state index in [2.05, 4.69) is 6.58 Å². The summed E-state index contributed by atoms with van der Waals surface area (Å²) in [6, 6.07) is 6.07. The molecular formula is C23H28N2O5. The Kier molecular flexibility index (Phi) is 7.21. The number of ether oxygens (including phenoxy) is 2. The van der Waals surface area contributed by atoms with Crippen molar-refractivity contribution in [1.29, 1.82) is 0 Å². The smallest absolute Gasteiger partial charge is 0.354 e. The number of nitrogens with zero attached hydrogens (tertiary/aromatic N) is 2. The van der Waals surface area contributed by atoms with Gasteiger partial charge in [0.2, 0.25) is 0 Å². The number of hydrogen-bond acceptors (Lipinski definition) is 5. The monoisotopic (exact) mass is 412 g/mol. The maximum absolute atomic E-state index is 13.4. The summed E-state index contributed by atoms with van der Waals surface area (Å²) in [7, 11) is 4.49. The Morgan fingerprint density at radius 1 is 1.20 bits per heavy atom. The molecule has 0 N–H and O–H groups in total. The Bertz CT molecular complexity index is 990. The van der Waals surface area contributed by atoms with Crippen LogP contribution in [0.15, 0.2) is 36.9 Å². The van der Waals surface area contributed by atoms with Crippen LogP contribution in [0.25, 0.3) is 0 Å². The van der Waals surface area contributed by atoms with Gasteiger partial charge in [-0.1, -0.05) is 18.2 Å². The van der Waals surface area contributed by atoms with E-state index >= 15 is 0 Å². The average Bonchev–Trinajstić information content (AvgIpc) is 2.98. The van der Waals surface area contributed by atoms with E-state index in [1.165, 1.54) is 19.1 Å². The van der Waals surface area contributed by atoms with Crippen LogP contribution in [0.5, 0.6) is 5.75 Å². The lowest BCUT2D eigenvalue weighted by atomic mass is 9.99. The largest absolute Gasteiger partial charge is 0.496 e. The lowest BCUT2D eigenvalue weighted by Crippen LogP contribution is -2.43. The van der Waals surface area contributed by atoms with Gasteiger partial charge in [-0.2, -0.15) is 0 Å². The maximum Gasteiger partial charge on any atom is 0.354 e. The van der Waals surface area contributed by atoms with Crippen molar-refractivity contribution in [3.63, 3.8) is 0 Å². The van der Waals surface area contributed by atoms with E-state index in [0.717, 1.165) is 0 Å². The molecule has 1 aromatic heterocycles. The predicted molar refractivity (Wildman–Crippen MR) is 114 cm³/mol. The van der Waals surface area contributed by atoms with E-state index in [4.69, 9.17) is 9.47 Å². The number of amides is 1. The second-order valence-electron chi connectivity index (χ2n) is 6.97. The zero-order valence-electron chi connectivity index (χ0n) is 18.3. The molecule has 0 radical (unpaired) electrons. The molecule has 1 amide bonds. The topological polar surface area (TPSA) is 77.8 Å². The van der Waals surface area contributed by atoms with Gasteiger partial charge < -0.3 is 18.9 Å². The Balaban J connectivity index is 2.49. The fourth-order valence-corrected chi connectivity index (χ4v) is 3.61. The standard InChI is InChI=1S/C23H28N2O5/c1-8-13-25(22(27)17-11-9-10-12-18(17)29-6)16(4)21(26)19-14(2)20(23(28)30-7)24(5)15(19)3/h8-12,16H,1,13H2,2-7H3/t16-/m0/s1. The maximum atomic E-state index is 13.4. The van der Waals surface area contributed by atoms with Crippen molar-refractivity contribution in [1.82, 2.24) is 9.47 Å². The fraction of sp³-hybridized carbons (Fsp3) is 0.348. The van der Waals surface area contributed by atoms with E-state index in [1.54, 1.807) is 62.7 Å². The zero-order chi connectivity index (χ0) is 22.6. The summed E-state index contributed by atoms with van der Waals surface area (Å²) < 4.78 is 11.8. The van der Waals surface area contributed by atoms with Crippen LogP contribution >= 0.6 is 0 Å². The minimum Gasteiger partial charge on any atom is -0.496 e.